The minimum Gasteiger partial charge on any atom is -0.309 e. The van der Waals surface area contributed by atoms with E-state index in [1.165, 1.54) is 98.8 Å². The number of nitrogens with zero attached hydrogens (tertiary/aromatic N) is 6. The first kappa shape index (κ1) is 75.2. The van der Waals surface area contributed by atoms with Crippen LogP contribution in [0.2, 0.25) is 0 Å². The van der Waals surface area contributed by atoms with E-state index in [1.54, 1.807) is 0 Å². The van der Waals surface area contributed by atoms with Crippen LogP contribution in [0.4, 0.5) is 0 Å². The first-order valence-electron chi connectivity index (χ1n) is 42.6. The summed E-state index contributed by atoms with van der Waals surface area (Å²) in [6.45, 7) is 0. The van der Waals surface area contributed by atoms with Gasteiger partial charge in [-0.15, -0.1) is 106 Å². The standard InChI is InChI=1S/C117H79N6.Ir/c1-5-28-77(29-6-1)104-73-111(86-35-27-32-80(66-86)83-58-63-117-107(72-83)103-50-21-24-53-114(103)123(117)94-40-11-4-12-41-94)120-76-108(104)100-47-18-17-46-99(100)91-68-89(97-44-15-13-42-95(97)87-54-59-109(118-74-87)84-33-25-30-78(64-84)81-56-61-115-105(70-81)101-48-19-22-51-112(101)121(115)92-36-7-2-8-37-92)67-90(69-91)98-45-16-14-43-96(98)88-55-60-110(119-75-88)85-34-26-31-79(65-85)82-57-62-116-106(71-82)102-49-20-23-52-113(102)122(116)93-38-9-3-10-39-93;/h1-32,36-66,70-76,89-91H,67-69H2;/q-3;+3. The van der Waals surface area contributed by atoms with E-state index < -0.39 is 0 Å². The second-order valence-corrected chi connectivity index (χ2v) is 32.6. The molecule has 1 aliphatic rings. The molecule has 0 amide bonds. The zero-order valence-electron chi connectivity index (χ0n) is 67.8. The molecular formula is C117H79IrN6. The molecule has 1 saturated carbocycles. The van der Waals surface area contributed by atoms with Crippen molar-refractivity contribution < 1.29 is 20.1 Å². The molecule has 6 nitrogen and oxygen atoms in total. The zero-order valence-corrected chi connectivity index (χ0v) is 70.2. The van der Waals surface area contributed by atoms with Gasteiger partial charge in [-0.25, -0.2) is 0 Å². The second kappa shape index (κ2) is 32.2. The average Bonchev–Trinajstić information content (AvgIpc) is 1.57. The smallest absolute Gasteiger partial charge is 0.309 e. The normalized spacial score (nSPS) is 14.0. The third-order valence-electron chi connectivity index (χ3n) is 25.6. The molecule has 6 heterocycles. The maximum atomic E-state index is 5.47. The van der Waals surface area contributed by atoms with Crippen LogP contribution in [-0.4, -0.2) is 28.7 Å². The van der Waals surface area contributed by atoms with Gasteiger partial charge in [0.1, 0.15) is 0 Å². The van der Waals surface area contributed by atoms with Crippen LogP contribution in [-0.2, 0) is 20.1 Å². The third-order valence-corrected chi connectivity index (χ3v) is 25.6. The Kier molecular flexibility index (Phi) is 19.5. The molecular weight excluding hydrogens is 1680 g/mol. The topological polar surface area (TPSA) is 53.5 Å². The Morgan fingerprint density at radius 2 is 0.516 bits per heavy atom. The van der Waals surface area contributed by atoms with Gasteiger partial charge in [0.15, 0.2) is 0 Å². The Labute approximate surface area is 734 Å². The summed E-state index contributed by atoms with van der Waals surface area (Å²) < 4.78 is 7.11. The summed E-state index contributed by atoms with van der Waals surface area (Å²) in [7, 11) is 0. The van der Waals surface area contributed by atoms with Crippen molar-refractivity contribution in [3.63, 3.8) is 0 Å². The van der Waals surface area contributed by atoms with Crippen LogP contribution < -0.4 is 0 Å². The average molecular weight is 1760 g/mol. The van der Waals surface area contributed by atoms with E-state index in [0.717, 1.165) is 131 Å². The summed E-state index contributed by atoms with van der Waals surface area (Å²) in [5.41, 5.74) is 35.8. The van der Waals surface area contributed by atoms with E-state index in [-0.39, 0.29) is 37.9 Å². The predicted molar refractivity (Wildman–Crippen MR) is 509 cm³/mol. The number of hydrogen-bond donors (Lipinski definition) is 0. The van der Waals surface area contributed by atoms with Gasteiger partial charge in [-0.3, -0.25) is 0 Å². The van der Waals surface area contributed by atoms with Crippen LogP contribution in [0.15, 0.2) is 425 Å². The Bertz CT molecular complexity index is 7490. The van der Waals surface area contributed by atoms with E-state index in [0.29, 0.717) is 0 Å². The Balaban J connectivity index is 0.00000914. The van der Waals surface area contributed by atoms with E-state index in [1.807, 2.05) is 12.1 Å². The van der Waals surface area contributed by atoms with Crippen molar-refractivity contribution in [1.82, 2.24) is 28.7 Å². The van der Waals surface area contributed by atoms with Crippen LogP contribution in [0, 0.1) is 18.2 Å². The van der Waals surface area contributed by atoms with Crippen molar-refractivity contribution in [2.45, 2.75) is 37.0 Å². The van der Waals surface area contributed by atoms with Gasteiger partial charge >= 0.3 is 20.1 Å². The first-order valence-corrected chi connectivity index (χ1v) is 42.6. The van der Waals surface area contributed by atoms with E-state index in [4.69, 9.17) is 15.0 Å². The minimum absolute atomic E-state index is 0. The maximum Gasteiger partial charge on any atom is 3.00 e. The number of fused-ring (bicyclic) bond motifs is 9. The molecule has 586 valence electrons. The molecule has 1 fully saturated rings. The molecule has 6 aromatic heterocycles. The van der Waals surface area contributed by atoms with Gasteiger partial charge in [-0.2, -0.15) is 0 Å². The molecule has 0 spiro atoms. The number of para-hydroxylation sites is 6. The van der Waals surface area contributed by atoms with Crippen LogP contribution in [0.5, 0.6) is 0 Å². The van der Waals surface area contributed by atoms with Crippen LogP contribution in [0.1, 0.15) is 53.7 Å². The van der Waals surface area contributed by atoms with Crippen molar-refractivity contribution in [1.29, 1.82) is 0 Å². The fraction of sp³-hybridized carbons (Fsp3) is 0.0513. The second-order valence-electron chi connectivity index (χ2n) is 32.6. The third kappa shape index (κ3) is 13.6. The zero-order chi connectivity index (χ0) is 81.3. The number of pyridine rings is 3. The molecule has 0 radical (unpaired) electrons. The number of benzene rings is 16. The molecule has 0 bridgehead atoms. The summed E-state index contributed by atoms with van der Waals surface area (Å²) in [5.74, 6) is 0.444. The number of aromatic nitrogens is 6. The minimum atomic E-state index is 0. The van der Waals surface area contributed by atoms with Crippen LogP contribution in [0.3, 0.4) is 0 Å². The van der Waals surface area contributed by atoms with Crippen molar-refractivity contribution >= 4 is 65.4 Å². The van der Waals surface area contributed by atoms with Crippen molar-refractivity contribution in [2.75, 3.05) is 0 Å². The van der Waals surface area contributed by atoms with Gasteiger partial charge in [-0.05, 0) is 217 Å². The fourth-order valence-corrected chi connectivity index (χ4v) is 19.9. The van der Waals surface area contributed by atoms with Gasteiger partial charge in [0.05, 0.1) is 33.1 Å². The quantitative estimate of drug-likeness (QED) is 0.0906. The SMILES string of the molecule is [Ir+3].[c-]1ccc(-c2ccc3c(c2)c2ccccc2n3-c2ccccc2)cc1-c1ccc(-c2ccccc2C2CC(c3ccccc3-c3ccc(-c4[c-]ccc(-c5ccc6c(c5)c5ccccc5n6-c5ccccc5)c4)nc3)CC(c3ccccc3-c3cnc(-c4[c-]ccc(-c5ccc6c(c5)c5ccccc5n6-c5ccccc5)c4)cc3-c3ccccc3)C2)cn1. The van der Waals surface area contributed by atoms with Gasteiger partial charge in [-0.1, -0.05) is 261 Å². The molecule has 0 N–H and O–H groups in total. The summed E-state index contributed by atoms with van der Waals surface area (Å²) in [6, 6.07) is 158. The van der Waals surface area contributed by atoms with Gasteiger partial charge in [0.25, 0.3) is 0 Å². The van der Waals surface area contributed by atoms with E-state index in [2.05, 4.69) is 445 Å². The molecule has 16 aromatic carbocycles. The Hall–Kier alpha value is -15.0. The molecule has 1 aliphatic carbocycles. The van der Waals surface area contributed by atoms with Gasteiger partial charge in [0.2, 0.25) is 0 Å². The summed E-state index contributed by atoms with van der Waals surface area (Å²) in [5, 5.41) is 7.32. The summed E-state index contributed by atoms with van der Waals surface area (Å²) >= 11 is 0. The van der Waals surface area contributed by atoms with Gasteiger partial charge in [0, 0.05) is 73.5 Å². The van der Waals surface area contributed by atoms with Crippen molar-refractivity contribution in [3.8, 4) is 129 Å². The van der Waals surface area contributed by atoms with Crippen molar-refractivity contribution in [2.24, 2.45) is 0 Å². The Morgan fingerprint density at radius 1 is 0.210 bits per heavy atom. The number of rotatable bonds is 16. The maximum absolute atomic E-state index is 5.47. The number of hydrogen-bond acceptors (Lipinski definition) is 3. The first-order chi connectivity index (χ1) is 61.0. The monoisotopic (exact) mass is 1760 g/mol. The molecule has 7 heteroatoms. The van der Waals surface area contributed by atoms with Gasteiger partial charge < -0.3 is 28.7 Å². The molecule has 2 atom stereocenters. The van der Waals surface area contributed by atoms with E-state index in [9.17, 15) is 0 Å². The molecule has 2 unspecified atom stereocenters. The predicted octanol–water partition coefficient (Wildman–Crippen LogP) is 30.1. The molecule has 22 aromatic rings. The van der Waals surface area contributed by atoms with Crippen LogP contribution >= 0.6 is 0 Å². The van der Waals surface area contributed by atoms with Crippen LogP contribution in [0.25, 0.3) is 194 Å². The van der Waals surface area contributed by atoms with Crippen molar-refractivity contribution in [3.05, 3.63) is 460 Å². The Morgan fingerprint density at radius 3 is 0.903 bits per heavy atom. The molecule has 0 aliphatic heterocycles. The fourth-order valence-electron chi connectivity index (χ4n) is 19.9. The largest absolute Gasteiger partial charge is 3.00 e. The molecule has 23 rings (SSSR count). The van der Waals surface area contributed by atoms with E-state index >= 15 is 0 Å². The summed E-state index contributed by atoms with van der Waals surface area (Å²) in [4.78, 5) is 16.1. The molecule has 124 heavy (non-hydrogen) atoms. The summed E-state index contributed by atoms with van der Waals surface area (Å²) in [6.07, 6.45) is 9.11. The molecule has 0 saturated heterocycles.